The molecule has 0 spiro atoms. The second kappa shape index (κ2) is 9.48. The van der Waals surface area contributed by atoms with Crippen LogP contribution in [0.5, 0.6) is 0 Å². The van der Waals surface area contributed by atoms with Gasteiger partial charge in [-0.2, -0.15) is 5.10 Å². The van der Waals surface area contributed by atoms with Crippen molar-refractivity contribution in [3.05, 3.63) is 69.5 Å². The van der Waals surface area contributed by atoms with E-state index in [0.717, 1.165) is 0 Å². The summed E-state index contributed by atoms with van der Waals surface area (Å²) in [6.07, 6.45) is 1.37. The van der Waals surface area contributed by atoms with Crippen LogP contribution < -0.4 is 10.7 Å². The lowest BCUT2D eigenvalue weighted by Gasteiger charge is -2.20. The summed E-state index contributed by atoms with van der Waals surface area (Å²) in [5.41, 5.74) is 3.18. The Balaban J connectivity index is 2.04. The van der Waals surface area contributed by atoms with Crippen LogP contribution in [-0.4, -0.2) is 24.1 Å². The molecular weight excluding hydrogens is 392 g/mol. The third-order valence-corrected chi connectivity index (χ3v) is 4.54. The molecule has 2 aromatic rings. The van der Waals surface area contributed by atoms with E-state index in [9.17, 15) is 14.0 Å². The van der Waals surface area contributed by atoms with Crippen LogP contribution in [0.3, 0.4) is 0 Å². The number of halogens is 3. The van der Waals surface area contributed by atoms with E-state index in [4.69, 9.17) is 23.2 Å². The first-order valence-corrected chi connectivity index (χ1v) is 8.88. The smallest absolute Gasteiger partial charge is 0.262 e. The van der Waals surface area contributed by atoms with Crippen molar-refractivity contribution in [3.63, 3.8) is 0 Å². The number of hydrogen-bond donors (Lipinski definition) is 2. The normalized spacial score (nSPS) is 12.2. The minimum Gasteiger partial charge on any atom is -0.340 e. The monoisotopic (exact) mass is 409 g/mol. The summed E-state index contributed by atoms with van der Waals surface area (Å²) in [4.78, 5) is 24.7. The maximum Gasteiger partial charge on any atom is 0.262 e. The Labute approximate surface area is 166 Å². The van der Waals surface area contributed by atoms with Gasteiger partial charge in [0.2, 0.25) is 0 Å². The van der Waals surface area contributed by atoms with Gasteiger partial charge in [0.05, 0.1) is 16.3 Å². The SMILES string of the molecule is CC(C)C(NC(=O)c1ccc(F)cc1)C(=O)NN=Cc1cccc(Cl)c1Cl. The molecule has 0 saturated heterocycles. The molecule has 0 aliphatic heterocycles. The number of rotatable bonds is 6. The Morgan fingerprint density at radius 3 is 2.41 bits per heavy atom. The summed E-state index contributed by atoms with van der Waals surface area (Å²) in [5, 5.41) is 7.19. The number of amides is 2. The topological polar surface area (TPSA) is 70.6 Å². The number of nitrogens with one attached hydrogen (secondary N) is 2. The van der Waals surface area contributed by atoms with E-state index in [2.05, 4.69) is 15.8 Å². The lowest BCUT2D eigenvalue weighted by Crippen LogP contribution is -2.48. The van der Waals surface area contributed by atoms with Crippen LogP contribution in [0.1, 0.15) is 29.8 Å². The molecular formula is C19H18Cl2FN3O2. The van der Waals surface area contributed by atoms with Crippen LogP contribution in [0.2, 0.25) is 10.0 Å². The molecule has 0 radical (unpaired) electrons. The fourth-order valence-electron chi connectivity index (χ4n) is 2.22. The number of carbonyl (C=O) groups is 2. The third-order valence-electron chi connectivity index (χ3n) is 3.70. The Hall–Kier alpha value is -2.44. The molecule has 0 aliphatic carbocycles. The standard InChI is InChI=1S/C19H18Cl2FN3O2/c1-11(2)17(24-18(26)12-6-8-14(22)9-7-12)19(27)25-23-10-13-4-3-5-15(20)16(13)21/h3-11,17H,1-2H3,(H,24,26)(H,25,27). The summed E-state index contributed by atoms with van der Waals surface area (Å²) in [6, 6.07) is 9.26. The zero-order valence-corrected chi connectivity index (χ0v) is 16.2. The maximum atomic E-state index is 13.0. The Morgan fingerprint density at radius 2 is 1.78 bits per heavy atom. The largest absolute Gasteiger partial charge is 0.340 e. The van der Waals surface area contributed by atoms with Gasteiger partial charge in [0.15, 0.2) is 0 Å². The summed E-state index contributed by atoms with van der Waals surface area (Å²) < 4.78 is 13.0. The molecule has 5 nitrogen and oxygen atoms in total. The Morgan fingerprint density at radius 1 is 1.11 bits per heavy atom. The highest BCUT2D eigenvalue weighted by Crippen LogP contribution is 2.24. The van der Waals surface area contributed by atoms with Gasteiger partial charge < -0.3 is 5.32 Å². The molecule has 0 saturated carbocycles. The van der Waals surface area contributed by atoms with E-state index in [1.807, 2.05) is 0 Å². The molecule has 2 amide bonds. The molecule has 27 heavy (non-hydrogen) atoms. The van der Waals surface area contributed by atoms with Gasteiger partial charge in [0.1, 0.15) is 11.9 Å². The van der Waals surface area contributed by atoms with E-state index in [0.29, 0.717) is 15.6 Å². The van der Waals surface area contributed by atoms with E-state index in [1.165, 1.54) is 30.5 Å². The predicted octanol–water partition coefficient (Wildman–Crippen LogP) is 4.04. The van der Waals surface area contributed by atoms with Crippen molar-refractivity contribution in [2.75, 3.05) is 0 Å². The molecule has 1 unspecified atom stereocenters. The van der Waals surface area contributed by atoms with Crippen molar-refractivity contribution in [3.8, 4) is 0 Å². The average Bonchev–Trinajstić information content (AvgIpc) is 2.63. The third kappa shape index (κ3) is 5.77. The molecule has 0 heterocycles. The van der Waals surface area contributed by atoms with Crippen molar-refractivity contribution in [1.82, 2.24) is 10.7 Å². The number of carbonyl (C=O) groups excluding carboxylic acids is 2. The van der Waals surface area contributed by atoms with Gasteiger partial charge in [-0.1, -0.05) is 49.2 Å². The lowest BCUT2D eigenvalue weighted by molar-refractivity contribution is -0.123. The highest BCUT2D eigenvalue weighted by molar-refractivity contribution is 6.43. The molecule has 142 valence electrons. The molecule has 0 aromatic heterocycles. The van der Waals surface area contributed by atoms with Crippen LogP contribution in [0.25, 0.3) is 0 Å². The summed E-state index contributed by atoms with van der Waals surface area (Å²) in [6.45, 7) is 3.57. The van der Waals surface area contributed by atoms with Gasteiger partial charge in [-0.3, -0.25) is 9.59 Å². The molecule has 0 fully saturated rings. The first kappa shape index (κ1) is 20.9. The second-order valence-corrected chi connectivity index (χ2v) is 6.86. The van der Waals surface area contributed by atoms with Gasteiger partial charge >= 0.3 is 0 Å². The quantitative estimate of drug-likeness (QED) is 0.558. The summed E-state index contributed by atoms with van der Waals surface area (Å²) in [7, 11) is 0. The van der Waals surface area contributed by atoms with Crippen LogP contribution in [0.15, 0.2) is 47.6 Å². The van der Waals surface area contributed by atoms with Gasteiger partial charge in [-0.25, -0.2) is 9.82 Å². The van der Waals surface area contributed by atoms with Gasteiger partial charge in [-0.15, -0.1) is 0 Å². The molecule has 8 heteroatoms. The predicted molar refractivity (Wildman–Crippen MR) is 105 cm³/mol. The first-order valence-electron chi connectivity index (χ1n) is 8.13. The van der Waals surface area contributed by atoms with Gasteiger partial charge in [0, 0.05) is 11.1 Å². The zero-order valence-electron chi connectivity index (χ0n) is 14.7. The van der Waals surface area contributed by atoms with Crippen molar-refractivity contribution >= 4 is 41.2 Å². The Bertz CT molecular complexity index is 855. The van der Waals surface area contributed by atoms with Crippen LogP contribution >= 0.6 is 23.2 Å². The van der Waals surface area contributed by atoms with E-state index >= 15 is 0 Å². The lowest BCUT2D eigenvalue weighted by atomic mass is 10.0. The van der Waals surface area contributed by atoms with Gasteiger partial charge in [-0.05, 0) is 36.2 Å². The van der Waals surface area contributed by atoms with Crippen molar-refractivity contribution in [2.24, 2.45) is 11.0 Å². The zero-order chi connectivity index (χ0) is 20.0. The number of hydrogen-bond acceptors (Lipinski definition) is 3. The molecule has 2 N–H and O–H groups in total. The number of nitrogens with zero attached hydrogens (tertiary/aromatic N) is 1. The van der Waals surface area contributed by atoms with E-state index in [-0.39, 0.29) is 11.5 Å². The Kier molecular flexibility index (Phi) is 7.33. The first-order chi connectivity index (χ1) is 12.8. The summed E-state index contributed by atoms with van der Waals surface area (Å²) in [5.74, 6) is -1.61. The average molecular weight is 410 g/mol. The van der Waals surface area contributed by atoms with Crippen molar-refractivity contribution < 1.29 is 14.0 Å². The number of benzene rings is 2. The van der Waals surface area contributed by atoms with Gasteiger partial charge in [0.25, 0.3) is 11.8 Å². The molecule has 0 bridgehead atoms. The highest BCUT2D eigenvalue weighted by atomic mass is 35.5. The van der Waals surface area contributed by atoms with E-state index < -0.39 is 23.7 Å². The molecule has 2 aromatic carbocycles. The van der Waals surface area contributed by atoms with E-state index in [1.54, 1.807) is 32.0 Å². The second-order valence-electron chi connectivity index (χ2n) is 6.08. The number of hydrazone groups is 1. The molecule has 1 atom stereocenters. The minimum atomic E-state index is -0.825. The van der Waals surface area contributed by atoms with Crippen molar-refractivity contribution in [2.45, 2.75) is 19.9 Å². The fourth-order valence-corrected chi connectivity index (χ4v) is 2.57. The van der Waals surface area contributed by atoms with Crippen molar-refractivity contribution in [1.29, 1.82) is 0 Å². The van der Waals surface area contributed by atoms with Crippen LogP contribution in [-0.2, 0) is 4.79 Å². The highest BCUT2D eigenvalue weighted by Gasteiger charge is 2.24. The molecule has 0 aliphatic rings. The van der Waals surface area contributed by atoms with Crippen LogP contribution in [0.4, 0.5) is 4.39 Å². The molecule has 2 rings (SSSR count). The minimum absolute atomic E-state index is 0.195. The summed E-state index contributed by atoms with van der Waals surface area (Å²) >= 11 is 12.0. The van der Waals surface area contributed by atoms with Crippen LogP contribution in [0, 0.1) is 11.7 Å². The fraction of sp³-hybridized carbons (Fsp3) is 0.211. The maximum absolute atomic E-state index is 13.0.